The highest BCUT2D eigenvalue weighted by Crippen LogP contribution is 2.54. The molecule has 0 N–H and O–H groups in total. The van der Waals surface area contributed by atoms with Crippen LogP contribution in [0.4, 0.5) is 0 Å². The molecule has 1 atom stereocenters. The number of hydrogen-bond acceptors (Lipinski definition) is 0. The minimum atomic E-state index is -0.165. The maximum Gasteiger partial charge on any atom is 0.0159 e. The third-order valence-electron chi connectivity index (χ3n) is 21.9. The van der Waals surface area contributed by atoms with Crippen LogP contribution in [0, 0.1) is 41.7 Å². The van der Waals surface area contributed by atoms with Crippen molar-refractivity contribution in [2.75, 3.05) is 0 Å². The Morgan fingerprint density at radius 1 is 0.286 bits per heavy atom. The second kappa shape index (κ2) is 18.8. The maximum absolute atomic E-state index is 2.57. The third-order valence-corrected chi connectivity index (χ3v) is 21.9. The van der Waals surface area contributed by atoms with Crippen LogP contribution < -0.4 is 0 Å². The molecule has 91 heavy (non-hydrogen) atoms. The summed E-state index contributed by atoms with van der Waals surface area (Å²) in [4.78, 5) is 0. The molecule has 1 unspecified atom stereocenters. The standard InChI is InChI=1S/C91H80/c1-50-61-26-18-19-27-62(61)63-34-32-53(46-72(50)63)77-66-29-20-21-30-67(66)78(54-33-35-65-64-28-22-23-31-75(64)91(14,15)76(65)47-54)84-69-37-39-71-82-70(38-36-68(81(69)82)83(77)84)85-79(55-40-57(87(2,3)4)48-58(41-55)88(5,6)7)73-44-51-24-16-17-25-52(51)45-74(73)80(86(71)85)56-42-59(89(8,9)10)49-60(43-56)90(11,12)13/h16-50H,1-15H3. The third kappa shape index (κ3) is 8.00. The smallest absolute Gasteiger partial charge is 0.0159 e. The van der Waals surface area contributed by atoms with E-state index in [1.54, 1.807) is 0 Å². The first-order valence-corrected chi connectivity index (χ1v) is 33.4. The van der Waals surface area contributed by atoms with Crippen LogP contribution in [0.1, 0.15) is 154 Å². The van der Waals surface area contributed by atoms with E-state index < -0.39 is 0 Å². The lowest BCUT2D eigenvalue weighted by molar-refractivity contribution is 0.568. The highest BCUT2D eigenvalue weighted by atomic mass is 14.4. The lowest BCUT2D eigenvalue weighted by Crippen LogP contribution is -2.17. The quantitative estimate of drug-likeness (QED) is 0.154. The number of fused-ring (bicyclic) bond motifs is 11. The van der Waals surface area contributed by atoms with Crippen LogP contribution in [0.2, 0.25) is 0 Å². The molecule has 13 aromatic rings. The largest absolute Gasteiger partial charge is 0.0619 e. The van der Waals surface area contributed by atoms with E-state index in [9.17, 15) is 0 Å². The summed E-state index contributed by atoms with van der Waals surface area (Å²) >= 11 is 0. The van der Waals surface area contributed by atoms with Crippen molar-refractivity contribution in [3.05, 3.63) is 293 Å². The molecular weight excluding hydrogens is 1090 g/mol. The highest BCUT2D eigenvalue weighted by Gasteiger charge is 2.37. The molecule has 0 bridgehead atoms. The number of hydrogen-bond donors (Lipinski definition) is 0. The fourth-order valence-electron chi connectivity index (χ4n) is 17.0. The fourth-order valence-corrected chi connectivity index (χ4v) is 17.0. The van der Waals surface area contributed by atoms with Crippen LogP contribution in [0.5, 0.6) is 0 Å². The van der Waals surface area contributed by atoms with Crippen molar-refractivity contribution in [2.45, 2.75) is 137 Å². The zero-order valence-corrected chi connectivity index (χ0v) is 55.7. The Morgan fingerprint density at radius 2 is 0.648 bits per heavy atom. The summed E-state index contributed by atoms with van der Waals surface area (Å²) in [5.41, 5.74) is 26.3. The van der Waals surface area contributed by atoms with Crippen molar-refractivity contribution in [3.63, 3.8) is 0 Å². The topological polar surface area (TPSA) is 0 Å². The van der Waals surface area contributed by atoms with Crippen molar-refractivity contribution in [2.24, 2.45) is 0 Å². The first-order chi connectivity index (χ1) is 43.3. The van der Waals surface area contributed by atoms with Gasteiger partial charge < -0.3 is 0 Å². The van der Waals surface area contributed by atoms with E-state index in [0.717, 1.165) is 0 Å². The SMILES string of the molecule is CC1c2ccccc2-c2ccc(-c3c4c(c(-c5ccc6c(c5)C(C)(C)c5ccccc5-6)c5ccccc35)=c3ccc5c6c(ccc=4c36)=c3c(-c4cc(C(C)(C)C)cc(C(C)(C)C)c4)c4cc6ccccc6cc4c(-c4cc(C(C)(C)C)cc(C(C)(C)C)c4)c3=5)cc21. The van der Waals surface area contributed by atoms with Crippen LogP contribution in [0.25, 0.3) is 110 Å². The lowest BCUT2D eigenvalue weighted by atomic mass is 9.77. The molecule has 0 heteroatoms. The average Bonchev–Trinajstić information content (AvgIpc) is 1.54. The van der Waals surface area contributed by atoms with Crippen LogP contribution in [0.3, 0.4) is 0 Å². The molecule has 0 heterocycles. The first-order valence-electron chi connectivity index (χ1n) is 33.4. The first kappa shape index (κ1) is 55.9. The molecule has 0 radical (unpaired) electrons. The van der Waals surface area contributed by atoms with Gasteiger partial charge in [-0.05, 0) is 242 Å². The van der Waals surface area contributed by atoms with Gasteiger partial charge in [0.2, 0.25) is 0 Å². The molecule has 4 aliphatic carbocycles. The average molecular weight is 1170 g/mol. The van der Waals surface area contributed by atoms with Crippen molar-refractivity contribution < 1.29 is 0 Å². The van der Waals surface area contributed by atoms with Crippen molar-refractivity contribution in [1.82, 2.24) is 0 Å². The minimum Gasteiger partial charge on any atom is -0.0619 e. The van der Waals surface area contributed by atoms with Crippen LogP contribution in [0.15, 0.2) is 206 Å². The fraction of sp³-hybridized carbons (Fsp3) is 0.231. The molecule has 0 saturated heterocycles. The molecule has 0 aromatic heterocycles. The molecule has 0 saturated carbocycles. The van der Waals surface area contributed by atoms with Gasteiger partial charge in [-0.3, -0.25) is 0 Å². The van der Waals surface area contributed by atoms with E-state index in [1.165, 1.54) is 196 Å². The zero-order valence-electron chi connectivity index (χ0n) is 55.7. The van der Waals surface area contributed by atoms with Gasteiger partial charge in [-0.1, -0.05) is 286 Å². The van der Waals surface area contributed by atoms with Crippen LogP contribution in [-0.2, 0) is 27.1 Å². The molecule has 0 spiro atoms. The Labute approximate surface area is 535 Å². The van der Waals surface area contributed by atoms with Crippen LogP contribution >= 0.6 is 0 Å². The van der Waals surface area contributed by atoms with Crippen LogP contribution in [-0.4, -0.2) is 0 Å². The normalized spacial score (nSPS) is 15.0. The Hall–Kier alpha value is -9.10. The predicted octanol–water partition coefficient (Wildman–Crippen LogP) is 24.4. The summed E-state index contributed by atoms with van der Waals surface area (Å²) in [5, 5.41) is 21.0. The Balaban J connectivity index is 1.12. The van der Waals surface area contributed by atoms with Crippen molar-refractivity contribution in [3.8, 4) is 66.8 Å². The summed E-state index contributed by atoms with van der Waals surface area (Å²) < 4.78 is 0. The molecular formula is C91H80. The van der Waals surface area contributed by atoms with E-state index in [2.05, 4.69) is 310 Å². The Bertz CT molecular complexity index is 5670. The molecule has 4 aliphatic rings. The molecule has 0 aliphatic heterocycles. The second-order valence-corrected chi connectivity index (χ2v) is 32.0. The van der Waals surface area contributed by atoms with E-state index in [1.807, 2.05) is 0 Å². The number of benzene rings is 13. The summed E-state index contributed by atoms with van der Waals surface area (Å²) in [6.07, 6.45) is 0. The summed E-state index contributed by atoms with van der Waals surface area (Å²) in [5.74, 6) is 0.283. The van der Waals surface area contributed by atoms with E-state index >= 15 is 0 Å². The van der Waals surface area contributed by atoms with Gasteiger partial charge in [0.1, 0.15) is 0 Å². The predicted molar refractivity (Wildman–Crippen MR) is 387 cm³/mol. The molecule has 0 nitrogen and oxygen atoms in total. The number of rotatable bonds is 4. The molecule has 444 valence electrons. The van der Waals surface area contributed by atoms with Gasteiger partial charge in [0.05, 0.1) is 0 Å². The van der Waals surface area contributed by atoms with Gasteiger partial charge in [-0.15, -0.1) is 0 Å². The van der Waals surface area contributed by atoms with Gasteiger partial charge >= 0.3 is 0 Å². The molecule has 17 rings (SSSR count). The minimum absolute atomic E-state index is 0.0892. The second-order valence-electron chi connectivity index (χ2n) is 32.0. The zero-order chi connectivity index (χ0) is 62.9. The van der Waals surface area contributed by atoms with Gasteiger partial charge in [0, 0.05) is 11.3 Å². The van der Waals surface area contributed by atoms with Crippen molar-refractivity contribution >= 4 is 43.1 Å². The monoisotopic (exact) mass is 1170 g/mol. The summed E-state index contributed by atoms with van der Waals surface area (Å²) in [7, 11) is 0. The summed E-state index contributed by atoms with van der Waals surface area (Å²) in [6, 6.07) is 82.1. The van der Waals surface area contributed by atoms with E-state index in [-0.39, 0.29) is 33.0 Å². The van der Waals surface area contributed by atoms with Gasteiger partial charge in [0.25, 0.3) is 0 Å². The van der Waals surface area contributed by atoms with Gasteiger partial charge in [0.15, 0.2) is 0 Å². The highest BCUT2D eigenvalue weighted by molar-refractivity contribution is 6.13. The molecule has 0 amide bonds. The van der Waals surface area contributed by atoms with Gasteiger partial charge in [-0.25, -0.2) is 0 Å². The van der Waals surface area contributed by atoms with E-state index in [0.29, 0.717) is 0 Å². The van der Waals surface area contributed by atoms with E-state index in [4.69, 9.17) is 0 Å². The molecule has 13 aromatic carbocycles. The summed E-state index contributed by atoms with van der Waals surface area (Å²) in [6.45, 7) is 35.9. The lowest BCUT2D eigenvalue weighted by Gasteiger charge is -2.28. The maximum atomic E-state index is 2.57. The molecule has 0 fully saturated rings. The van der Waals surface area contributed by atoms with Gasteiger partial charge in [-0.2, -0.15) is 0 Å². The van der Waals surface area contributed by atoms with Crippen molar-refractivity contribution in [1.29, 1.82) is 0 Å². The Morgan fingerprint density at radius 3 is 1.11 bits per heavy atom. The Kier molecular flexibility index (Phi) is 11.5.